The van der Waals surface area contributed by atoms with Crippen molar-refractivity contribution < 1.29 is 23.9 Å². The summed E-state index contributed by atoms with van der Waals surface area (Å²) in [6.07, 6.45) is 1.48. The average Bonchev–Trinajstić information content (AvgIpc) is 3.46. The number of amides is 4. The molecule has 2 aromatic rings. The number of likely N-dealkylation sites (N-methyl/N-ethyl adjacent to an activating group) is 1. The number of benzene rings is 2. The summed E-state index contributed by atoms with van der Waals surface area (Å²) >= 11 is 12.4. The largest absolute Gasteiger partial charge is 0.466 e. The van der Waals surface area contributed by atoms with Gasteiger partial charge in [0, 0.05) is 36.1 Å². The number of carbonyl (C=O) groups is 4. The molecule has 4 amide bonds. The van der Waals surface area contributed by atoms with Gasteiger partial charge in [-0.3, -0.25) is 19.3 Å². The Hall–Kier alpha value is -3.65. The van der Waals surface area contributed by atoms with Gasteiger partial charge >= 0.3 is 12.0 Å². The zero-order valence-electron chi connectivity index (χ0n) is 23.4. The summed E-state index contributed by atoms with van der Waals surface area (Å²) in [7, 11) is 1.56. The van der Waals surface area contributed by atoms with Gasteiger partial charge < -0.3 is 14.5 Å². The van der Waals surface area contributed by atoms with Gasteiger partial charge in [0.2, 0.25) is 5.91 Å². The van der Waals surface area contributed by atoms with Crippen LogP contribution in [0.25, 0.3) is 0 Å². The highest BCUT2D eigenvalue weighted by Gasteiger charge is 2.65. The smallest absolute Gasteiger partial charge is 0.332 e. The Labute approximate surface area is 254 Å². The van der Waals surface area contributed by atoms with Crippen LogP contribution in [0.2, 0.25) is 10.0 Å². The molecule has 0 saturated carbocycles. The molecule has 10 nitrogen and oxygen atoms in total. The van der Waals surface area contributed by atoms with Gasteiger partial charge in [0.15, 0.2) is 0 Å². The van der Waals surface area contributed by atoms with Crippen molar-refractivity contribution in [1.29, 1.82) is 5.26 Å². The quantitative estimate of drug-likeness (QED) is 0.359. The third-order valence-corrected chi connectivity index (χ3v) is 8.88. The molecule has 3 aliphatic rings. The fraction of sp³-hybridized carbons (Fsp3) is 0.433. The molecule has 0 aromatic heterocycles. The molecule has 3 unspecified atom stereocenters. The summed E-state index contributed by atoms with van der Waals surface area (Å²) in [6, 6.07) is 12.9. The van der Waals surface area contributed by atoms with Crippen molar-refractivity contribution in [3.63, 3.8) is 0 Å². The van der Waals surface area contributed by atoms with E-state index in [0.717, 1.165) is 16.9 Å². The number of halogens is 2. The molecule has 5 rings (SSSR count). The SMILES string of the molecule is CCOC(=O)C1CCCN(CC(=O)N2CC(c3ccc(C#N)cc3)C3(C2)C(=O)N(c2cc(Cl)cc(Cl)c2)C(=O)N3C)C1. The second kappa shape index (κ2) is 11.9. The molecule has 3 aliphatic heterocycles. The standard InChI is InChI=1S/C30H31Cl2N5O5/c1-3-42-27(39)21-5-4-10-35(15-21)17-26(38)36-16-25(20-8-6-19(14-33)7-9-20)30(18-36)28(40)37(29(41)34(30)2)24-12-22(31)11-23(32)13-24/h6-9,11-13,21,25H,3-5,10,15-18H2,1-2H3. The predicted molar refractivity (Wildman–Crippen MR) is 156 cm³/mol. The minimum atomic E-state index is -1.40. The molecule has 1 spiro atoms. The van der Waals surface area contributed by atoms with E-state index in [1.807, 2.05) is 4.90 Å². The van der Waals surface area contributed by atoms with Gasteiger partial charge in [0.1, 0.15) is 5.54 Å². The van der Waals surface area contributed by atoms with E-state index in [1.165, 1.54) is 23.1 Å². The van der Waals surface area contributed by atoms with Gasteiger partial charge in [-0.15, -0.1) is 0 Å². The lowest BCUT2D eigenvalue weighted by Crippen LogP contribution is -2.54. The van der Waals surface area contributed by atoms with Crippen molar-refractivity contribution in [3.05, 3.63) is 63.6 Å². The first-order valence-corrected chi connectivity index (χ1v) is 14.6. The fourth-order valence-corrected chi connectivity index (χ4v) is 6.85. The lowest BCUT2D eigenvalue weighted by molar-refractivity contribution is -0.150. The zero-order chi connectivity index (χ0) is 30.2. The van der Waals surface area contributed by atoms with Crippen LogP contribution in [-0.4, -0.2) is 90.4 Å². The number of imide groups is 1. The summed E-state index contributed by atoms with van der Waals surface area (Å²) < 4.78 is 5.20. The molecule has 0 radical (unpaired) electrons. The van der Waals surface area contributed by atoms with Crippen LogP contribution in [0.3, 0.4) is 0 Å². The Bertz CT molecular complexity index is 1440. The number of hydrogen-bond donors (Lipinski definition) is 0. The van der Waals surface area contributed by atoms with Gasteiger partial charge in [-0.25, -0.2) is 9.69 Å². The fourth-order valence-electron chi connectivity index (χ4n) is 6.34. The highest BCUT2D eigenvalue weighted by molar-refractivity contribution is 6.35. The summed E-state index contributed by atoms with van der Waals surface area (Å²) in [5.74, 6) is -1.80. The number of urea groups is 1. The number of rotatable bonds is 6. The third-order valence-electron chi connectivity index (χ3n) is 8.45. The molecular weight excluding hydrogens is 581 g/mol. The minimum absolute atomic E-state index is 0.0164. The monoisotopic (exact) mass is 611 g/mol. The van der Waals surface area contributed by atoms with Crippen LogP contribution >= 0.6 is 23.2 Å². The number of likely N-dealkylation sites (tertiary alicyclic amines) is 2. The van der Waals surface area contributed by atoms with E-state index in [0.29, 0.717) is 31.7 Å². The number of piperidine rings is 1. The molecule has 42 heavy (non-hydrogen) atoms. The van der Waals surface area contributed by atoms with Crippen LogP contribution < -0.4 is 4.90 Å². The normalized spacial score (nSPS) is 24.4. The maximum absolute atomic E-state index is 14.3. The van der Waals surface area contributed by atoms with Crippen LogP contribution in [0.15, 0.2) is 42.5 Å². The number of esters is 1. The minimum Gasteiger partial charge on any atom is -0.466 e. The van der Waals surface area contributed by atoms with Crippen LogP contribution in [0.5, 0.6) is 0 Å². The van der Waals surface area contributed by atoms with Crippen molar-refractivity contribution >= 4 is 52.7 Å². The van der Waals surface area contributed by atoms with Gasteiger partial charge in [-0.1, -0.05) is 35.3 Å². The predicted octanol–water partition coefficient (Wildman–Crippen LogP) is 3.90. The number of nitriles is 1. The van der Waals surface area contributed by atoms with E-state index in [2.05, 4.69) is 6.07 Å². The summed E-state index contributed by atoms with van der Waals surface area (Å²) in [4.78, 5) is 60.1. The molecule has 3 atom stereocenters. The van der Waals surface area contributed by atoms with E-state index in [4.69, 9.17) is 27.9 Å². The molecule has 0 N–H and O–H groups in total. The molecule has 0 bridgehead atoms. The van der Waals surface area contributed by atoms with E-state index in [1.54, 1.807) is 43.1 Å². The Morgan fingerprint density at radius 2 is 1.79 bits per heavy atom. The molecule has 220 valence electrons. The van der Waals surface area contributed by atoms with Gasteiger partial charge in [-0.2, -0.15) is 5.26 Å². The Morgan fingerprint density at radius 3 is 2.43 bits per heavy atom. The van der Waals surface area contributed by atoms with Gasteiger partial charge in [-0.05, 0) is 62.2 Å². The second-order valence-corrected chi connectivity index (χ2v) is 11.8. The number of anilines is 1. The Kier molecular flexibility index (Phi) is 8.46. The molecule has 2 aromatic carbocycles. The zero-order valence-corrected chi connectivity index (χ0v) is 24.9. The maximum Gasteiger partial charge on any atom is 0.332 e. The lowest BCUT2D eigenvalue weighted by Gasteiger charge is -2.34. The topological polar surface area (TPSA) is 114 Å². The Balaban J connectivity index is 1.46. The van der Waals surface area contributed by atoms with E-state index >= 15 is 0 Å². The second-order valence-electron chi connectivity index (χ2n) is 10.9. The van der Waals surface area contributed by atoms with Crippen molar-refractivity contribution in [2.45, 2.75) is 31.2 Å². The maximum atomic E-state index is 14.3. The summed E-state index contributed by atoms with van der Waals surface area (Å²) in [5.41, 5.74) is 0.0271. The van der Waals surface area contributed by atoms with Crippen LogP contribution in [-0.2, 0) is 19.1 Å². The van der Waals surface area contributed by atoms with E-state index < -0.39 is 23.4 Å². The molecular formula is C30H31Cl2N5O5. The first kappa shape index (κ1) is 29.8. The van der Waals surface area contributed by atoms with E-state index in [-0.39, 0.29) is 53.2 Å². The number of carbonyl (C=O) groups excluding carboxylic acids is 4. The van der Waals surface area contributed by atoms with Crippen molar-refractivity contribution in [3.8, 4) is 6.07 Å². The first-order valence-electron chi connectivity index (χ1n) is 13.8. The highest BCUT2D eigenvalue weighted by atomic mass is 35.5. The number of ether oxygens (including phenoxy) is 1. The first-order chi connectivity index (χ1) is 20.1. The lowest BCUT2D eigenvalue weighted by atomic mass is 9.80. The number of hydrogen-bond acceptors (Lipinski definition) is 7. The highest BCUT2D eigenvalue weighted by Crippen LogP contribution is 2.46. The van der Waals surface area contributed by atoms with E-state index in [9.17, 15) is 24.4 Å². The van der Waals surface area contributed by atoms with Crippen molar-refractivity contribution in [2.24, 2.45) is 5.92 Å². The third kappa shape index (κ3) is 5.33. The van der Waals surface area contributed by atoms with Gasteiger partial charge in [0.25, 0.3) is 5.91 Å². The Morgan fingerprint density at radius 1 is 1.10 bits per heavy atom. The van der Waals surface area contributed by atoms with Crippen LogP contribution in [0, 0.1) is 17.2 Å². The molecule has 12 heteroatoms. The molecule has 0 aliphatic carbocycles. The molecule has 3 fully saturated rings. The molecule has 3 heterocycles. The molecule has 3 saturated heterocycles. The van der Waals surface area contributed by atoms with Gasteiger partial charge in [0.05, 0.1) is 42.9 Å². The summed E-state index contributed by atoms with van der Waals surface area (Å²) in [5, 5.41) is 9.85. The number of nitrogens with zero attached hydrogens (tertiary/aromatic N) is 5. The summed E-state index contributed by atoms with van der Waals surface area (Å²) in [6.45, 7) is 3.41. The van der Waals surface area contributed by atoms with Crippen LogP contribution in [0.1, 0.15) is 36.8 Å². The average molecular weight is 613 g/mol. The van der Waals surface area contributed by atoms with Crippen molar-refractivity contribution in [1.82, 2.24) is 14.7 Å². The van der Waals surface area contributed by atoms with Crippen LogP contribution in [0.4, 0.5) is 10.5 Å². The van der Waals surface area contributed by atoms with Crippen molar-refractivity contribution in [2.75, 3.05) is 51.3 Å².